The van der Waals surface area contributed by atoms with Gasteiger partial charge in [0.05, 0.1) is 0 Å². The second-order valence-electron chi connectivity index (χ2n) is 4.25. The number of allylic oxidation sites excluding steroid dienone is 2. The van der Waals surface area contributed by atoms with Crippen LogP contribution in [0.2, 0.25) is 0 Å². The summed E-state index contributed by atoms with van der Waals surface area (Å²) < 4.78 is 0. The Hall–Kier alpha value is -1.22. The van der Waals surface area contributed by atoms with Gasteiger partial charge in [-0.1, -0.05) is 12.2 Å². The summed E-state index contributed by atoms with van der Waals surface area (Å²) in [6.45, 7) is 0. The van der Waals surface area contributed by atoms with Gasteiger partial charge >= 0.3 is 0 Å². The molecule has 1 amide bonds. The highest BCUT2D eigenvalue weighted by molar-refractivity contribution is 7.98. The third-order valence-corrected chi connectivity index (χ3v) is 3.68. The van der Waals surface area contributed by atoms with Gasteiger partial charge in [-0.3, -0.25) is 4.79 Å². The molecule has 2 nitrogen and oxygen atoms in total. The van der Waals surface area contributed by atoms with Crippen LogP contribution in [0.5, 0.6) is 0 Å². The molecule has 3 heteroatoms. The summed E-state index contributed by atoms with van der Waals surface area (Å²) in [4.78, 5) is 13.0. The van der Waals surface area contributed by atoms with Gasteiger partial charge in [-0.25, -0.2) is 0 Å². The van der Waals surface area contributed by atoms with Crippen molar-refractivity contribution >= 4 is 23.4 Å². The molecule has 1 aliphatic rings. The van der Waals surface area contributed by atoms with E-state index in [1.807, 2.05) is 30.5 Å². The highest BCUT2D eigenvalue weighted by Crippen LogP contribution is 2.22. The maximum absolute atomic E-state index is 11.8. The molecule has 90 valence electrons. The fraction of sp³-hybridized carbons (Fsp3) is 0.357. The van der Waals surface area contributed by atoms with Gasteiger partial charge in [0.1, 0.15) is 0 Å². The molecular formula is C14H17NOS. The Balaban J connectivity index is 1.86. The number of hydrogen-bond donors (Lipinski definition) is 1. The van der Waals surface area contributed by atoms with Gasteiger partial charge in [0.2, 0.25) is 5.91 Å². The average molecular weight is 247 g/mol. The SMILES string of the molecule is CSc1ccc(NC(=O)C[C@H]2C=CCC2)cc1. The van der Waals surface area contributed by atoms with E-state index in [1.165, 1.54) is 4.90 Å². The highest BCUT2D eigenvalue weighted by Gasteiger charge is 2.13. The molecule has 1 N–H and O–H groups in total. The Morgan fingerprint density at radius 1 is 1.41 bits per heavy atom. The van der Waals surface area contributed by atoms with Crippen LogP contribution < -0.4 is 5.32 Å². The third kappa shape index (κ3) is 3.63. The van der Waals surface area contributed by atoms with Crippen molar-refractivity contribution in [2.24, 2.45) is 5.92 Å². The molecule has 0 saturated carbocycles. The van der Waals surface area contributed by atoms with Crippen molar-refractivity contribution in [3.05, 3.63) is 36.4 Å². The molecule has 17 heavy (non-hydrogen) atoms. The van der Waals surface area contributed by atoms with Crippen LogP contribution in [0.15, 0.2) is 41.3 Å². The van der Waals surface area contributed by atoms with E-state index in [1.54, 1.807) is 11.8 Å². The van der Waals surface area contributed by atoms with Crippen LogP contribution in [0.4, 0.5) is 5.69 Å². The first kappa shape index (κ1) is 12.2. The summed E-state index contributed by atoms with van der Waals surface area (Å²) in [5, 5.41) is 2.94. The summed E-state index contributed by atoms with van der Waals surface area (Å²) >= 11 is 1.70. The lowest BCUT2D eigenvalue weighted by molar-refractivity contribution is -0.116. The van der Waals surface area contributed by atoms with E-state index in [4.69, 9.17) is 0 Å². The lowest BCUT2D eigenvalue weighted by Crippen LogP contribution is -2.14. The number of carbonyl (C=O) groups is 1. The van der Waals surface area contributed by atoms with Crippen LogP contribution >= 0.6 is 11.8 Å². The maximum atomic E-state index is 11.8. The molecule has 0 bridgehead atoms. The standard InChI is InChI=1S/C14H17NOS/c1-17-13-8-6-12(7-9-13)15-14(16)10-11-4-2-3-5-11/h2,4,6-9,11H,3,5,10H2,1H3,(H,15,16)/t11-/m0/s1. The molecule has 0 aromatic heterocycles. The zero-order chi connectivity index (χ0) is 12.1. The summed E-state index contributed by atoms with van der Waals surface area (Å²) in [6, 6.07) is 7.95. The second-order valence-corrected chi connectivity index (χ2v) is 5.13. The van der Waals surface area contributed by atoms with Gasteiger partial charge in [0.25, 0.3) is 0 Å². The van der Waals surface area contributed by atoms with E-state index in [2.05, 4.69) is 17.5 Å². The number of amides is 1. The Morgan fingerprint density at radius 3 is 2.76 bits per heavy atom. The van der Waals surface area contributed by atoms with Crippen LogP contribution in [-0.4, -0.2) is 12.2 Å². The van der Waals surface area contributed by atoms with Crippen LogP contribution in [0, 0.1) is 5.92 Å². The molecule has 0 saturated heterocycles. The highest BCUT2D eigenvalue weighted by atomic mass is 32.2. The Kier molecular flexibility index (Phi) is 4.26. The first-order chi connectivity index (χ1) is 8.28. The smallest absolute Gasteiger partial charge is 0.224 e. The summed E-state index contributed by atoms with van der Waals surface area (Å²) in [7, 11) is 0. The zero-order valence-corrected chi connectivity index (χ0v) is 10.8. The van der Waals surface area contributed by atoms with Crippen molar-refractivity contribution in [1.82, 2.24) is 0 Å². The predicted molar refractivity (Wildman–Crippen MR) is 73.3 cm³/mol. The van der Waals surface area contributed by atoms with Gasteiger partial charge in [0, 0.05) is 17.0 Å². The van der Waals surface area contributed by atoms with E-state index < -0.39 is 0 Å². The van der Waals surface area contributed by atoms with Gasteiger partial charge in [0.15, 0.2) is 0 Å². The molecule has 0 radical (unpaired) electrons. The van der Waals surface area contributed by atoms with Crippen LogP contribution in [-0.2, 0) is 4.79 Å². The van der Waals surface area contributed by atoms with Crippen LogP contribution in [0.25, 0.3) is 0 Å². The number of hydrogen-bond acceptors (Lipinski definition) is 2. The van der Waals surface area contributed by atoms with E-state index >= 15 is 0 Å². The molecule has 0 fully saturated rings. The van der Waals surface area contributed by atoms with E-state index in [0.717, 1.165) is 18.5 Å². The number of rotatable bonds is 4. The predicted octanol–water partition coefficient (Wildman–Crippen LogP) is 3.70. The van der Waals surface area contributed by atoms with Gasteiger partial charge in [-0.2, -0.15) is 0 Å². The summed E-state index contributed by atoms with van der Waals surface area (Å²) in [5.74, 6) is 0.541. The Bertz CT molecular complexity index is 411. The molecule has 1 aromatic rings. The monoisotopic (exact) mass is 247 g/mol. The van der Waals surface area contributed by atoms with E-state index in [-0.39, 0.29) is 5.91 Å². The lowest BCUT2D eigenvalue weighted by Gasteiger charge is -2.09. The average Bonchev–Trinajstić information content (AvgIpc) is 2.82. The fourth-order valence-corrected chi connectivity index (χ4v) is 2.40. The van der Waals surface area contributed by atoms with Crippen molar-refractivity contribution in [2.45, 2.75) is 24.2 Å². The zero-order valence-electron chi connectivity index (χ0n) is 9.98. The first-order valence-corrected chi connectivity index (χ1v) is 7.11. The van der Waals surface area contributed by atoms with E-state index in [0.29, 0.717) is 12.3 Å². The first-order valence-electron chi connectivity index (χ1n) is 5.88. The number of nitrogens with one attached hydrogen (secondary N) is 1. The van der Waals surface area contributed by atoms with Crippen LogP contribution in [0.1, 0.15) is 19.3 Å². The molecule has 1 atom stereocenters. The van der Waals surface area contributed by atoms with Crippen molar-refractivity contribution in [3.8, 4) is 0 Å². The number of carbonyl (C=O) groups excluding carboxylic acids is 1. The normalized spacial score (nSPS) is 18.3. The summed E-state index contributed by atoms with van der Waals surface area (Å²) in [6.07, 6.45) is 9.17. The van der Waals surface area contributed by atoms with Gasteiger partial charge in [-0.15, -0.1) is 11.8 Å². The summed E-state index contributed by atoms with van der Waals surface area (Å²) in [5.41, 5.74) is 0.884. The van der Waals surface area contributed by atoms with Gasteiger partial charge in [-0.05, 0) is 49.3 Å². The topological polar surface area (TPSA) is 29.1 Å². The Labute approximate surface area is 106 Å². The molecule has 1 aromatic carbocycles. The van der Waals surface area contributed by atoms with Crippen molar-refractivity contribution in [3.63, 3.8) is 0 Å². The minimum Gasteiger partial charge on any atom is -0.326 e. The largest absolute Gasteiger partial charge is 0.326 e. The molecule has 0 aliphatic heterocycles. The maximum Gasteiger partial charge on any atom is 0.224 e. The minimum atomic E-state index is 0.110. The number of benzene rings is 1. The minimum absolute atomic E-state index is 0.110. The van der Waals surface area contributed by atoms with Gasteiger partial charge < -0.3 is 5.32 Å². The molecule has 2 rings (SSSR count). The third-order valence-electron chi connectivity index (χ3n) is 2.93. The van der Waals surface area contributed by atoms with E-state index in [9.17, 15) is 4.79 Å². The van der Waals surface area contributed by atoms with Crippen LogP contribution in [0.3, 0.4) is 0 Å². The Morgan fingerprint density at radius 2 is 2.18 bits per heavy atom. The molecular weight excluding hydrogens is 230 g/mol. The molecule has 0 heterocycles. The second kappa shape index (κ2) is 5.92. The quantitative estimate of drug-likeness (QED) is 0.649. The number of thioether (sulfide) groups is 1. The van der Waals surface area contributed by atoms with Crippen molar-refractivity contribution in [2.75, 3.05) is 11.6 Å². The molecule has 1 aliphatic carbocycles. The fourth-order valence-electron chi connectivity index (χ4n) is 1.99. The number of anilines is 1. The molecule has 0 spiro atoms. The van der Waals surface area contributed by atoms with Crippen molar-refractivity contribution in [1.29, 1.82) is 0 Å². The molecule has 0 unspecified atom stereocenters. The van der Waals surface area contributed by atoms with Crippen molar-refractivity contribution < 1.29 is 4.79 Å². The lowest BCUT2D eigenvalue weighted by atomic mass is 10.1.